The molecular weight excluding hydrogens is 180 g/mol. The molecule has 0 atom stereocenters. The van der Waals surface area contributed by atoms with E-state index >= 15 is 0 Å². The summed E-state index contributed by atoms with van der Waals surface area (Å²) < 4.78 is 5.41. The molecule has 1 aromatic rings. The zero-order valence-electron chi connectivity index (χ0n) is 8.58. The summed E-state index contributed by atoms with van der Waals surface area (Å²) in [6.45, 7) is 4.62. The van der Waals surface area contributed by atoms with Crippen LogP contribution in [-0.2, 0) is 6.54 Å². The van der Waals surface area contributed by atoms with Gasteiger partial charge < -0.3 is 15.6 Å². The largest absolute Gasteiger partial charge is 0.506 e. The molecule has 0 fully saturated rings. The molecule has 0 unspecified atom stereocenters. The number of nitrogens with two attached hydrogens (primary N) is 1. The lowest BCUT2D eigenvalue weighted by molar-refractivity contribution is 0.309. The van der Waals surface area contributed by atoms with E-state index in [1.807, 2.05) is 6.92 Å². The van der Waals surface area contributed by atoms with E-state index in [-0.39, 0.29) is 12.3 Å². The topological polar surface area (TPSA) is 68.4 Å². The Morgan fingerprint density at radius 1 is 1.57 bits per heavy atom. The fourth-order valence-electron chi connectivity index (χ4n) is 1.16. The molecule has 0 saturated carbocycles. The van der Waals surface area contributed by atoms with Crippen LogP contribution in [0, 0.1) is 6.92 Å². The minimum absolute atomic E-state index is 0.140. The summed E-state index contributed by atoms with van der Waals surface area (Å²) >= 11 is 0. The fraction of sp³-hybridized carbons (Fsp3) is 0.500. The average molecular weight is 196 g/mol. The van der Waals surface area contributed by atoms with Gasteiger partial charge in [0.05, 0.1) is 24.1 Å². The summed E-state index contributed by atoms with van der Waals surface area (Å²) in [5.41, 5.74) is 6.73. The van der Waals surface area contributed by atoms with Crippen molar-refractivity contribution in [3.05, 3.63) is 17.5 Å². The molecule has 0 aromatic carbocycles. The van der Waals surface area contributed by atoms with Crippen molar-refractivity contribution in [2.24, 2.45) is 5.73 Å². The minimum Gasteiger partial charge on any atom is -0.506 e. The van der Waals surface area contributed by atoms with E-state index in [0.717, 1.165) is 6.42 Å². The number of hydrogen-bond donors (Lipinski definition) is 2. The number of aromatic hydroxyl groups is 1. The Labute approximate surface area is 83.7 Å². The molecular formula is C10H16N2O2. The van der Waals surface area contributed by atoms with Crippen molar-refractivity contribution in [1.82, 2.24) is 4.98 Å². The van der Waals surface area contributed by atoms with Gasteiger partial charge in [0, 0.05) is 6.54 Å². The van der Waals surface area contributed by atoms with Crippen molar-refractivity contribution in [3.8, 4) is 11.5 Å². The van der Waals surface area contributed by atoms with Crippen LogP contribution in [0.15, 0.2) is 6.20 Å². The van der Waals surface area contributed by atoms with Gasteiger partial charge in [-0.25, -0.2) is 0 Å². The van der Waals surface area contributed by atoms with Crippen molar-refractivity contribution in [3.63, 3.8) is 0 Å². The second-order valence-corrected chi connectivity index (χ2v) is 3.09. The van der Waals surface area contributed by atoms with Gasteiger partial charge in [-0.15, -0.1) is 0 Å². The van der Waals surface area contributed by atoms with Crippen LogP contribution in [0.2, 0.25) is 0 Å². The maximum Gasteiger partial charge on any atom is 0.145 e. The molecule has 1 aromatic heterocycles. The molecule has 0 aliphatic carbocycles. The van der Waals surface area contributed by atoms with Gasteiger partial charge in [0.1, 0.15) is 11.5 Å². The maximum absolute atomic E-state index is 9.66. The Morgan fingerprint density at radius 3 is 2.86 bits per heavy atom. The van der Waals surface area contributed by atoms with Crippen molar-refractivity contribution in [1.29, 1.82) is 0 Å². The highest BCUT2D eigenvalue weighted by Crippen LogP contribution is 2.28. The highest BCUT2D eigenvalue weighted by Gasteiger charge is 2.10. The van der Waals surface area contributed by atoms with Gasteiger partial charge in [-0.1, -0.05) is 6.92 Å². The smallest absolute Gasteiger partial charge is 0.145 e. The maximum atomic E-state index is 9.66. The first-order valence-electron chi connectivity index (χ1n) is 4.71. The van der Waals surface area contributed by atoms with E-state index in [1.165, 1.54) is 0 Å². The second kappa shape index (κ2) is 4.81. The van der Waals surface area contributed by atoms with Gasteiger partial charge in [0.15, 0.2) is 0 Å². The average Bonchev–Trinajstić information content (AvgIpc) is 2.20. The zero-order chi connectivity index (χ0) is 10.6. The SMILES string of the molecule is CCCOc1cnc(C)c(O)c1CN. The summed E-state index contributed by atoms with van der Waals surface area (Å²) in [5.74, 6) is 0.721. The lowest BCUT2D eigenvalue weighted by Gasteiger charge is -2.11. The van der Waals surface area contributed by atoms with Crippen molar-refractivity contribution < 1.29 is 9.84 Å². The first kappa shape index (κ1) is 10.8. The third kappa shape index (κ3) is 2.14. The molecule has 14 heavy (non-hydrogen) atoms. The number of hydrogen-bond acceptors (Lipinski definition) is 4. The standard InChI is InChI=1S/C10H16N2O2/c1-3-4-14-9-6-12-7(2)10(13)8(9)5-11/h6,13H,3-5,11H2,1-2H3. The normalized spacial score (nSPS) is 10.2. The van der Waals surface area contributed by atoms with Crippen LogP contribution in [0.3, 0.4) is 0 Å². The Morgan fingerprint density at radius 2 is 2.29 bits per heavy atom. The van der Waals surface area contributed by atoms with Gasteiger partial charge in [0.2, 0.25) is 0 Å². The molecule has 0 saturated heterocycles. The fourth-order valence-corrected chi connectivity index (χ4v) is 1.16. The van der Waals surface area contributed by atoms with E-state index in [2.05, 4.69) is 4.98 Å². The van der Waals surface area contributed by atoms with E-state index in [9.17, 15) is 5.11 Å². The predicted octanol–water partition coefficient (Wildman–Crippen LogP) is 1.34. The molecule has 78 valence electrons. The second-order valence-electron chi connectivity index (χ2n) is 3.09. The van der Waals surface area contributed by atoms with Gasteiger partial charge >= 0.3 is 0 Å². The molecule has 4 heteroatoms. The molecule has 0 spiro atoms. The van der Waals surface area contributed by atoms with Crippen LogP contribution in [0.25, 0.3) is 0 Å². The summed E-state index contributed by atoms with van der Waals surface area (Å²) in [6, 6.07) is 0. The van der Waals surface area contributed by atoms with Crippen LogP contribution >= 0.6 is 0 Å². The molecule has 4 nitrogen and oxygen atoms in total. The molecule has 3 N–H and O–H groups in total. The van der Waals surface area contributed by atoms with Crippen LogP contribution in [-0.4, -0.2) is 16.7 Å². The molecule has 1 rings (SSSR count). The van der Waals surface area contributed by atoms with Gasteiger partial charge in [-0.05, 0) is 13.3 Å². The number of aromatic nitrogens is 1. The van der Waals surface area contributed by atoms with E-state index in [0.29, 0.717) is 23.6 Å². The Kier molecular flexibility index (Phi) is 3.71. The molecule has 0 aliphatic rings. The van der Waals surface area contributed by atoms with Crippen molar-refractivity contribution in [2.45, 2.75) is 26.8 Å². The molecule has 0 amide bonds. The first-order valence-corrected chi connectivity index (χ1v) is 4.71. The summed E-state index contributed by atoms with van der Waals surface area (Å²) in [5, 5.41) is 9.66. The third-order valence-electron chi connectivity index (χ3n) is 1.97. The number of rotatable bonds is 4. The molecule has 0 radical (unpaired) electrons. The van der Waals surface area contributed by atoms with E-state index < -0.39 is 0 Å². The quantitative estimate of drug-likeness (QED) is 0.762. The summed E-state index contributed by atoms with van der Waals surface area (Å²) in [7, 11) is 0. The summed E-state index contributed by atoms with van der Waals surface area (Å²) in [4.78, 5) is 4.01. The van der Waals surface area contributed by atoms with Crippen LogP contribution < -0.4 is 10.5 Å². The summed E-state index contributed by atoms with van der Waals surface area (Å²) in [6.07, 6.45) is 2.52. The molecule has 1 heterocycles. The van der Waals surface area contributed by atoms with E-state index in [4.69, 9.17) is 10.5 Å². The molecule has 0 aliphatic heterocycles. The van der Waals surface area contributed by atoms with Gasteiger partial charge in [-0.2, -0.15) is 0 Å². The third-order valence-corrected chi connectivity index (χ3v) is 1.97. The first-order chi connectivity index (χ1) is 6.70. The number of pyridine rings is 1. The van der Waals surface area contributed by atoms with Crippen LogP contribution in [0.5, 0.6) is 11.5 Å². The lowest BCUT2D eigenvalue weighted by atomic mass is 10.2. The highest BCUT2D eigenvalue weighted by molar-refractivity contribution is 5.44. The van der Waals surface area contributed by atoms with E-state index in [1.54, 1.807) is 13.1 Å². The van der Waals surface area contributed by atoms with Crippen LogP contribution in [0.1, 0.15) is 24.6 Å². The van der Waals surface area contributed by atoms with Crippen molar-refractivity contribution in [2.75, 3.05) is 6.61 Å². The van der Waals surface area contributed by atoms with Gasteiger partial charge in [0.25, 0.3) is 0 Å². The zero-order valence-corrected chi connectivity index (χ0v) is 8.58. The van der Waals surface area contributed by atoms with Crippen molar-refractivity contribution >= 4 is 0 Å². The highest BCUT2D eigenvalue weighted by atomic mass is 16.5. The lowest BCUT2D eigenvalue weighted by Crippen LogP contribution is -2.05. The Bertz CT molecular complexity index is 313. The Hall–Kier alpha value is -1.29. The minimum atomic E-state index is 0.140. The number of ether oxygens (including phenoxy) is 1. The monoisotopic (exact) mass is 196 g/mol. The Balaban J connectivity index is 2.98. The van der Waals surface area contributed by atoms with Crippen LogP contribution in [0.4, 0.5) is 0 Å². The van der Waals surface area contributed by atoms with Gasteiger partial charge in [-0.3, -0.25) is 4.98 Å². The molecule has 0 bridgehead atoms. The number of nitrogens with zero attached hydrogens (tertiary/aromatic N) is 1. The number of aryl methyl sites for hydroxylation is 1. The predicted molar refractivity (Wildman–Crippen MR) is 54.3 cm³/mol.